The van der Waals surface area contributed by atoms with Crippen LogP contribution in [0.2, 0.25) is 18.1 Å². The van der Waals surface area contributed by atoms with Crippen LogP contribution in [0.1, 0.15) is 46.5 Å². The Morgan fingerprint density at radius 2 is 1.53 bits per heavy atom. The predicted octanol–water partition coefficient (Wildman–Crippen LogP) is 4.78. The average molecular weight is 222 g/mol. The Labute approximate surface area is 96.2 Å². The standard InChI is InChI=1S/C14H26Si/c1-4-15(5-2,6-3)14(13-9-10-13)11-12-7-8-12/h11-13H,4-10H2,1-3H3/b14-11+. The Hall–Kier alpha value is -0.0431. The van der Waals surface area contributed by atoms with Gasteiger partial charge in [-0.1, -0.05) is 50.2 Å². The minimum Gasteiger partial charge on any atom is -0.0857 e. The number of hydrogen-bond donors (Lipinski definition) is 0. The summed E-state index contributed by atoms with van der Waals surface area (Å²) in [5.41, 5.74) is 0. The summed E-state index contributed by atoms with van der Waals surface area (Å²) >= 11 is 0. The van der Waals surface area contributed by atoms with E-state index in [4.69, 9.17) is 0 Å². The quantitative estimate of drug-likeness (QED) is 0.567. The molecule has 0 saturated heterocycles. The fraction of sp³-hybridized carbons (Fsp3) is 0.857. The van der Waals surface area contributed by atoms with Crippen LogP contribution in [0.25, 0.3) is 0 Å². The van der Waals surface area contributed by atoms with Gasteiger partial charge in [-0.25, -0.2) is 0 Å². The average Bonchev–Trinajstić information content (AvgIpc) is 3.13. The third kappa shape index (κ3) is 2.38. The summed E-state index contributed by atoms with van der Waals surface area (Å²) in [6.45, 7) is 7.34. The fourth-order valence-corrected chi connectivity index (χ4v) is 7.49. The van der Waals surface area contributed by atoms with Gasteiger partial charge in [0.05, 0.1) is 8.07 Å². The van der Waals surface area contributed by atoms with Gasteiger partial charge < -0.3 is 0 Å². The summed E-state index contributed by atoms with van der Waals surface area (Å²) in [6, 6.07) is 4.44. The lowest BCUT2D eigenvalue weighted by Crippen LogP contribution is -2.35. The van der Waals surface area contributed by atoms with Gasteiger partial charge in [0.2, 0.25) is 0 Å². The zero-order valence-electron chi connectivity index (χ0n) is 10.7. The Bertz CT molecular complexity index is 234. The molecule has 15 heavy (non-hydrogen) atoms. The van der Waals surface area contributed by atoms with Gasteiger partial charge in [0.25, 0.3) is 0 Å². The molecule has 2 fully saturated rings. The highest BCUT2D eigenvalue weighted by Gasteiger charge is 2.40. The van der Waals surface area contributed by atoms with Crippen molar-refractivity contribution in [2.45, 2.75) is 64.6 Å². The third-order valence-corrected chi connectivity index (χ3v) is 10.6. The molecule has 0 aromatic carbocycles. The van der Waals surface area contributed by atoms with Crippen molar-refractivity contribution in [1.29, 1.82) is 0 Å². The van der Waals surface area contributed by atoms with Crippen molar-refractivity contribution in [1.82, 2.24) is 0 Å². The Kier molecular flexibility index (Phi) is 3.39. The van der Waals surface area contributed by atoms with Crippen LogP contribution in [-0.2, 0) is 0 Å². The molecule has 0 aliphatic heterocycles. The molecule has 0 nitrogen and oxygen atoms in total. The van der Waals surface area contributed by atoms with Gasteiger partial charge in [-0.2, -0.15) is 0 Å². The van der Waals surface area contributed by atoms with Gasteiger partial charge >= 0.3 is 0 Å². The second-order valence-electron chi connectivity index (χ2n) is 5.57. The van der Waals surface area contributed by atoms with E-state index in [-0.39, 0.29) is 0 Å². The Morgan fingerprint density at radius 3 is 1.87 bits per heavy atom. The van der Waals surface area contributed by atoms with Gasteiger partial charge in [0.1, 0.15) is 0 Å². The SMILES string of the molecule is CC[Si](CC)(CC)/C(=C/C1CC1)C1CC1. The first-order valence-corrected chi connectivity index (χ1v) is 9.60. The molecule has 0 aromatic rings. The first kappa shape index (κ1) is 11.4. The lowest BCUT2D eigenvalue weighted by molar-refractivity contribution is 0.982. The van der Waals surface area contributed by atoms with Gasteiger partial charge in [0.15, 0.2) is 0 Å². The topological polar surface area (TPSA) is 0 Å². The molecule has 1 heteroatoms. The van der Waals surface area contributed by atoms with Crippen LogP contribution in [0.5, 0.6) is 0 Å². The zero-order valence-corrected chi connectivity index (χ0v) is 11.7. The lowest BCUT2D eigenvalue weighted by atomic mass is 10.3. The maximum absolute atomic E-state index is 2.74. The van der Waals surface area contributed by atoms with Crippen LogP contribution < -0.4 is 0 Å². The zero-order chi connectivity index (χ0) is 10.9. The summed E-state index contributed by atoms with van der Waals surface area (Å²) < 4.78 is 0. The van der Waals surface area contributed by atoms with Crippen molar-refractivity contribution in [3.63, 3.8) is 0 Å². The summed E-state index contributed by atoms with van der Waals surface area (Å²) in [5, 5.41) is 2.00. The van der Waals surface area contributed by atoms with Crippen molar-refractivity contribution in [3.8, 4) is 0 Å². The monoisotopic (exact) mass is 222 g/mol. The molecule has 0 aromatic heterocycles. The maximum Gasteiger partial charge on any atom is 0.0807 e. The molecule has 2 aliphatic rings. The highest BCUT2D eigenvalue weighted by molar-refractivity contribution is 6.86. The van der Waals surface area contributed by atoms with Crippen molar-refractivity contribution in [3.05, 3.63) is 11.3 Å². The Balaban J connectivity index is 2.19. The molecule has 0 atom stereocenters. The fourth-order valence-electron chi connectivity index (χ4n) is 3.02. The van der Waals surface area contributed by atoms with E-state index < -0.39 is 8.07 Å². The molecular formula is C14H26Si. The first-order chi connectivity index (χ1) is 7.25. The van der Waals surface area contributed by atoms with Crippen LogP contribution in [0.15, 0.2) is 11.3 Å². The summed E-state index contributed by atoms with van der Waals surface area (Å²) in [7, 11) is -1.01. The summed E-state index contributed by atoms with van der Waals surface area (Å²) in [4.78, 5) is 0. The molecule has 0 unspecified atom stereocenters. The van der Waals surface area contributed by atoms with Gasteiger partial charge in [0, 0.05) is 0 Å². The predicted molar refractivity (Wildman–Crippen MR) is 70.7 cm³/mol. The smallest absolute Gasteiger partial charge is 0.0807 e. The van der Waals surface area contributed by atoms with E-state index in [1.165, 1.54) is 43.8 Å². The second-order valence-corrected chi connectivity index (χ2v) is 10.8. The lowest BCUT2D eigenvalue weighted by Gasteiger charge is -2.32. The van der Waals surface area contributed by atoms with Gasteiger partial charge in [-0.3, -0.25) is 0 Å². The molecule has 0 radical (unpaired) electrons. The maximum atomic E-state index is 2.74. The van der Waals surface area contributed by atoms with Crippen LogP contribution in [-0.4, -0.2) is 8.07 Å². The number of rotatable bonds is 6. The van der Waals surface area contributed by atoms with Crippen LogP contribution in [0.3, 0.4) is 0 Å². The van der Waals surface area contributed by atoms with Gasteiger partial charge in [-0.05, 0) is 37.5 Å². The molecule has 0 bridgehead atoms. The van der Waals surface area contributed by atoms with Crippen LogP contribution in [0, 0.1) is 11.8 Å². The summed E-state index contributed by atoms with van der Waals surface area (Å²) in [6.07, 6.45) is 8.72. The van der Waals surface area contributed by atoms with E-state index >= 15 is 0 Å². The highest BCUT2D eigenvalue weighted by atomic mass is 28.3. The van der Waals surface area contributed by atoms with Crippen molar-refractivity contribution >= 4 is 8.07 Å². The molecule has 0 heterocycles. The molecule has 2 aliphatic carbocycles. The molecule has 2 rings (SSSR count). The Morgan fingerprint density at radius 1 is 1.00 bits per heavy atom. The normalized spacial score (nSPS) is 23.3. The largest absolute Gasteiger partial charge is 0.0857 e. The molecule has 0 N–H and O–H groups in total. The number of hydrogen-bond acceptors (Lipinski definition) is 0. The van der Waals surface area contributed by atoms with E-state index in [1.54, 1.807) is 0 Å². The molecular weight excluding hydrogens is 196 g/mol. The van der Waals surface area contributed by atoms with Crippen LogP contribution in [0.4, 0.5) is 0 Å². The van der Waals surface area contributed by atoms with E-state index in [0.717, 1.165) is 11.8 Å². The van der Waals surface area contributed by atoms with E-state index in [0.29, 0.717) is 0 Å². The van der Waals surface area contributed by atoms with Crippen molar-refractivity contribution in [2.24, 2.45) is 11.8 Å². The number of allylic oxidation sites excluding steroid dienone is 2. The minimum absolute atomic E-state index is 0.997. The third-order valence-electron chi connectivity index (χ3n) is 4.70. The minimum atomic E-state index is -1.01. The molecule has 0 spiro atoms. The second kappa shape index (κ2) is 4.45. The highest BCUT2D eigenvalue weighted by Crippen LogP contribution is 2.47. The summed E-state index contributed by atoms with van der Waals surface area (Å²) in [5.74, 6) is 2.04. The molecule has 2 saturated carbocycles. The van der Waals surface area contributed by atoms with E-state index in [2.05, 4.69) is 26.8 Å². The first-order valence-electron chi connectivity index (χ1n) is 6.98. The van der Waals surface area contributed by atoms with E-state index in [1.807, 2.05) is 5.20 Å². The molecule has 0 amide bonds. The van der Waals surface area contributed by atoms with Gasteiger partial charge in [-0.15, -0.1) is 0 Å². The van der Waals surface area contributed by atoms with Crippen LogP contribution >= 0.6 is 0 Å². The molecule has 86 valence electrons. The van der Waals surface area contributed by atoms with E-state index in [9.17, 15) is 0 Å². The van der Waals surface area contributed by atoms with Crippen molar-refractivity contribution < 1.29 is 0 Å². The van der Waals surface area contributed by atoms with Crippen molar-refractivity contribution in [2.75, 3.05) is 0 Å².